The normalized spacial score (nSPS) is 18.2. The number of fused-ring (bicyclic) bond motifs is 1. The molecule has 0 amide bonds. The summed E-state index contributed by atoms with van der Waals surface area (Å²) in [5, 5.41) is 11.9. The summed E-state index contributed by atoms with van der Waals surface area (Å²) in [5.41, 5.74) is 2.12. The molecule has 1 atom stereocenters. The zero-order chi connectivity index (χ0) is 11.5. The number of anilines is 1. The van der Waals surface area contributed by atoms with Crippen LogP contribution < -0.4 is 10.1 Å². The maximum atomic E-state index is 10.5. The fourth-order valence-corrected chi connectivity index (χ4v) is 1.79. The summed E-state index contributed by atoms with van der Waals surface area (Å²) >= 11 is 0. The SMILES string of the molecule is Cc1ccc2c(c1)NC(CCC(=O)O)CO2. The van der Waals surface area contributed by atoms with Gasteiger partial charge in [-0.1, -0.05) is 6.07 Å². The van der Waals surface area contributed by atoms with Crippen molar-refractivity contribution in [2.45, 2.75) is 25.8 Å². The van der Waals surface area contributed by atoms with E-state index >= 15 is 0 Å². The molecule has 0 saturated carbocycles. The Labute approximate surface area is 94.2 Å². The van der Waals surface area contributed by atoms with Crippen LogP contribution in [0, 0.1) is 6.92 Å². The molecule has 4 nitrogen and oxygen atoms in total. The molecule has 4 heteroatoms. The topological polar surface area (TPSA) is 58.6 Å². The van der Waals surface area contributed by atoms with Gasteiger partial charge >= 0.3 is 5.97 Å². The van der Waals surface area contributed by atoms with Crippen LogP contribution in [0.1, 0.15) is 18.4 Å². The van der Waals surface area contributed by atoms with Crippen LogP contribution in [0.25, 0.3) is 0 Å². The molecule has 2 N–H and O–H groups in total. The Kier molecular flexibility index (Phi) is 2.99. The van der Waals surface area contributed by atoms with Crippen molar-refractivity contribution < 1.29 is 14.6 Å². The van der Waals surface area contributed by atoms with Gasteiger partial charge in [-0.3, -0.25) is 4.79 Å². The molecule has 0 bridgehead atoms. The van der Waals surface area contributed by atoms with E-state index in [2.05, 4.69) is 5.32 Å². The van der Waals surface area contributed by atoms with Crippen LogP contribution in [0.4, 0.5) is 5.69 Å². The zero-order valence-corrected chi connectivity index (χ0v) is 9.19. The van der Waals surface area contributed by atoms with Gasteiger partial charge in [-0.05, 0) is 31.0 Å². The van der Waals surface area contributed by atoms with Crippen molar-refractivity contribution in [3.8, 4) is 5.75 Å². The average Bonchev–Trinajstić information content (AvgIpc) is 2.25. The second-order valence-electron chi connectivity index (χ2n) is 4.08. The van der Waals surface area contributed by atoms with Gasteiger partial charge in [-0.2, -0.15) is 0 Å². The number of rotatable bonds is 3. The average molecular weight is 221 g/mol. The van der Waals surface area contributed by atoms with Gasteiger partial charge in [-0.25, -0.2) is 0 Å². The molecule has 86 valence electrons. The fraction of sp³-hybridized carbons (Fsp3) is 0.417. The van der Waals surface area contributed by atoms with E-state index in [4.69, 9.17) is 9.84 Å². The van der Waals surface area contributed by atoms with Crippen LogP contribution in [-0.4, -0.2) is 23.7 Å². The van der Waals surface area contributed by atoms with Crippen LogP contribution in [-0.2, 0) is 4.79 Å². The largest absolute Gasteiger partial charge is 0.489 e. The lowest BCUT2D eigenvalue weighted by Crippen LogP contribution is -2.31. The lowest BCUT2D eigenvalue weighted by atomic mass is 10.1. The molecule has 1 aromatic rings. The minimum atomic E-state index is -0.767. The smallest absolute Gasteiger partial charge is 0.303 e. The first-order valence-corrected chi connectivity index (χ1v) is 5.37. The first-order valence-electron chi connectivity index (χ1n) is 5.37. The van der Waals surface area contributed by atoms with E-state index in [0.717, 1.165) is 17.0 Å². The summed E-state index contributed by atoms with van der Waals surface area (Å²) < 4.78 is 5.57. The third kappa shape index (κ3) is 2.45. The maximum absolute atomic E-state index is 10.5. The Bertz CT molecular complexity index is 403. The second kappa shape index (κ2) is 4.43. The van der Waals surface area contributed by atoms with Crippen molar-refractivity contribution in [3.05, 3.63) is 23.8 Å². The van der Waals surface area contributed by atoms with E-state index < -0.39 is 5.97 Å². The van der Waals surface area contributed by atoms with Gasteiger partial charge in [-0.15, -0.1) is 0 Å². The minimum Gasteiger partial charge on any atom is -0.489 e. The molecule has 1 heterocycles. The van der Waals surface area contributed by atoms with Crippen molar-refractivity contribution in [1.82, 2.24) is 0 Å². The van der Waals surface area contributed by atoms with Crippen LogP contribution in [0.15, 0.2) is 18.2 Å². The molecule has 0 aromatic heterocycles. The van der Waals surface area contributed by atoms with E-state index in [-0.39, 0.29) is 12.5 Å². The van der Waals surface area contributed by atoms with Gasteiger partial charge in [0.05, 0.1) is 11.7 Å². The number of hydrogen-bond donors (Lipinski definition) is 2. The summed E-state index contributed by atoms with van der Waals surface area (Å²) in [6, 6.07) is 6.04. The van der Waals surface area contributed by atoms with Gasteiger partial charge in [0.15, 0.2) is 0 Å². The first-order chi connectivity index (χ1) is 7.65. The number of aliphatic carboxylic acids is 1. The number of carboxylic acid groups (broad SMARTS) is 1. The Morgan fingerprint density at radius 1 is 1.62 bits per heavy atom. The molecule has 1 aliphatic rings. The summed E-state index contributed by atoms with van der Waals surface area (Å²) in [4.78, 5) is 10.5. The first kappa shape index (κ1) is 10.8. The van der Waals surface area contributed by atoms with Crippen LogP contribution in [0.3, 0.4) is 0 Å². The predicted octanol–water partition coefficient (Wildman–Crippen LogP) is 2.03. The molecule has 0 radical (unpaired) electrons. The molecule has 1 aliphatic heterocycles. The lowest BCUT2D eigenvalue weighted by molar-refractivity contribution is -0.137. The molecule has 1 unspecified atom stereocenters. The third-order valence-corrected chi connectivity index (χ3v) is 2.64. The number of carbonyl (C=O) groups is 1. The molecular weight excluding hydrogens is 206 g/mol. The van der Waals surface area contributed by atoms with E-state index in [1.165, 1.54) is 0 Å². The Morgan fingerprint density at radius 2 is 2.44 bits per heavy atom. The number of aryl methyl sites for hydroxylation is 1. The van der Waals surface area contributed by atoms with Crippen LogP contribution in [0.5, 0.6) is 5.75 Å². The minimum absolute atomic E-state index is 0.0883. The fourth-order valence-electron chi connectivity index (χ4n) is 1.79. The molecule has 0 fully saturated rings. The van der Waals surface area contributed by atoms with E-state index in [9.17, 15) is 4.79 Å². The van der Waals surface area contributed by atoms with Crippen LogP contribution >= 0.6 is 0 Å². The van der Waals surface area contributed by atoms with Crippen molar-refractivity contribution >= 4 is 11.7 Å². The Hall–Kier alpha value is -1.71. The van der Waals surface area contributed by atoms with Gasteiger partial charge in [0.2, 0.25) is 0 Å². The van der Waals surface area contributed by atoms with Gasteiger partial charge in [0.25, 0.3) is 0 Å². The molecular formula is C12H15NO3. The molecule has 1 aromatic carbocycles. The van der Waals surface area contributed by atoms with E-state index in [1.807, 2.05) is 25.1 Å². The van der Waals surface area contributed by atoms with Crippen molar-refractivity contribution in [1.29, 1.82) is 0 Å². The maximum Gasteiger partial charge on any atom is 0.303 e. The molecule has 2 rings (SSSR count). The number of nitrogens with one attached hydrogen (secondary N) is 1. The summed E-state index contributed by atoms with van der Waals surface area (Å²) in [6.45, 7) is 2.55. The monoisotopic (exact) mass is 221 g/mol. The highest BCUT2D eigenvalue weighted by Gasteiger charge is 2.19. The van der Waals surface area contributed by atoms with E-state index in [0.29, 0.717) is 13.0 Å². The lowest BCUT2D eigenvalue weighted by Gasteiger charge is -2.27. The van der Waals surface area contributed by atoms with Crippen molar-refractivity contribution in [2.24, 2.45) is 0 Å². The Balaban J connectivity index is 2.02. The standard InChI is InChI=1S/C12H15NO3/c1-8-2-4-11-10(6-8)13-9(7-16-11)3-5-12(14)15/h2,4,6,9,13H,3,5,7H2,1H3,(H,14,15). The Morgan fingerprint density at radius 3 is 3.19 bits per heavy atom. The molecule has 0 saturated heterocycles. The van der Waals surface area contributed by atoms with Gasteiger partial charge < -0.3 is 15.2 Å². The number of benzene rings is 1. The quantitative estimate of drug-likeness (QED) is 0.820. The summed E-state index contributed by atoms with van der Waals surface area (Å²) in [6.07, 6.45) is 0.755. The molecule has 0 aliphatic carbocycles. The van der Waals surface area contributed by atoms with E-state index in [1.54, 1.807) is 0 Å². The molecule has 16 heavy (non-hydrogen) atoms. The van der Waals surface area contributed by atoms with Crippen molar-refractivity contribution in [3.63, 3.8) is 0 Å². The highest BCUT2D eigenvalue weighted by molar-refractivity contribution is 5.67. The van der Waals surface area contributed by atoms with Gasteiger partial charge in [0.1, 0.15) is 12.4 Å². The second-order valence-corrected chi connectivity index (χ2v) is 4.08. The molecule has 0 spiro atoms. The number of hydrogen-bond acceptors (Lipinski definition) is 3. The summed E-state index contributed by atoms with van der Waals surface area (Å²) in [5.74, 6) is 0.0778. The van der Waals surface area contributed by atoms with Crippen molar-refractivity contribution in [2.75, 3.05) is 11.9 Å². The highest BCUT2D eigenvalue weighted by atomic mass is 16.5. The third-order valence-electron chi connectivity index (χ3n) is 2.64. The number of ether oxygens (including phenoxy) is 1. The zero-order valence-electron chi connectivity index (χ0n) is 9.19. The van der Waals surface area contributed by atoms with Gasteiger partial charge in [0, 0.05) is 6.42 Å². The van der Waals surface area contributed by atoms with Crippen LogP contribution in [0.2, 0.25) is 0 Å². The predicted molar refractivity (Wildman–Crippen MR) is 61.0 cm³/mol. The highest BCUT2D eigenvalue weighted by Crippen LogP contribution is 2.30. The summed E-state index contributed by atoms with van der Waals surface area (Å²) in [7, 11) is 0. The number of carboxylic acids is 1.